The van der Waals surface area contributed by atoms with E-state index in [0.717, 1.165) is 36.3 Å². The summed E-state index contributed by atoms with van der Waals surface area (Å²) in [5.74, 6) is 0.316. The highest BCUT2D eigenvalue weighted by molar-refractivity contribution is 6.10. The first-order valence-corrected chi connectivity index (χ1v) is 15.1. The first kappa shape index (κ1) is 30.3. The van der Waals surface area contributed by atoms with Crippen molar-refractivity contribution in [1.29, 1.82) is 0 Å². The number of hydrogen-bond donors (Lipinski definition) is 2. The summed E-state index contributed by atoms with van der Waals surface area (Å²) in [5, 5.41) is 15.4. The Labute approximate surface area is 255 Å². The smallest absolute Gasteiger partial charge is 0.381 e. The molecule has 3 aliphatic rings. The van der Waals surface area contributed by atoms with E-state index in [1.54, 1.807) is 25.6 Å². The SMILES string of the molecule is C=C[C@H](C)Nc1cc(N2Cc3c(cc(CNC4(C)CCC4)cc3C(F)(F)F)C2=O)cc(C2(c3nncn3C)CC(OC)C2)c1. The van der Waals surface area contributed by atoms with Crippen LogP contribution in [0.15, 0.2) is 49.3 Å². The van der Waals surface area contributed by atoms with Crippen LogP contribution in [0, 0.1) is 0 Å². The highest BCUT2D eigenvalue weighted by Gasteiger charge is 2.51. The van der Waals surface area contributed by atoms with Crippen LogP contribution in [0.2, 0.25) is 0 Å². The molecule has 0 unspecified atom stereocenters. The van der Waals surface area contributed by atoms with E-state index in [4.69, 9.17) is 4.74 Å². The molecule has 1 aliphatic heterocycles. The second-order valence-corrected chi connectivity index (χ2v) is 12.9. The van der Waals surface area contributed by atoms with E-state index < -0.39 is 23.1 Å². The average molecular weight is 609 g/mol. The van der Waals surface area contributed by atoms with Gasteiger partial charge in [-0.05, 0) is 93.0 Å². The molecule has 8 nitrogen and oxygen atoms in total. The monoisotopic (exact) mass is 608 g/mol. The number of carbonyl (C=O) groups is 1. The van der Waals surface area contributed by atoms with Crippen LogP contribution in [0.4, 0.5) is 24.5 Å². The molecule has 2 aromatic carbocycles. The van der Waals surface area contributed by atoms with Gasteiger partial charge in [0.05, 0.1) is 23.6 Å². The van der Waals surface area contributed by atoms with Gasteiger partial charge < -0.3 is 24.8 Å². The molecule has 2 heterocycles. The summed E-state index contributed by atoms with van der Waals surface area (Å²) in [6.45, 7) is 8.00. The fourth-order valence-electron chi connectivity index (χ4n) is 6.83. The molecule has 0 bridgehead atoms. The summed E-state index contributed by atoms with van der Waals surface area (Å²) in [7, 11) is 3.56. The van der Waals surface area contributed by atoms with Gasteiger partial charge in [-0.15, -0.1) is 16.8 Å². The van der Waals surface area contributed by atoms with E-state index >= 15 is 0 Å². The topological polar surface area (TPSA) is 84.3 Å². The standard InChI is InChI=1S/C33H39F3N6O2/c1-6-20(2)39-23-12-22(32(15-25(16-32)44-5)30-40-38-19-41(30)4)13-24(14-23)42-18-27-26(29(42)43)10-21(11-28(27)33(34,35)36)17-37-31(3)8-7-9-31/h6,10-14,19-20,25,37,39H,1,7-9,15-18H2,2-5H3/t20-,25?,32?/m0/s1. The van der Waals surface area contributed by atoms with Gasteiger partial charge >= 0.3 is 6.18 Å². The predicted octanol–water partition coefficient (Wildman–Crippen LogP) is 6.11. The minimum absolute atomic E-state index is 0.00610. The molecular formula is C33H39F3N6O2. The first-order chi connectivity index (χ1) is 20.9. The summed E-state index contributed by atoms with van der Waals surface area (Å²) in [5.41, 5.74) is 1.31. The van der Waals surface area contributed by atoms with Crippen LogP contribution in [0.3, 0.4) is 0 Å². The molecule has 0 radical (unpaired) electrons. The van der Waals surface area contributed by atoms with Crippen LogP contribution in [0.25, 0.3) is 0 Å². The number of hydrogen-bond acceptors (Lipinski definition) is 6. The second-order valence-electron chi connectivity index (χ2n) is 12.9. The highest BCUT2D eigenvalue weighted by Crippen LogP contribution is 2.51. The van der Waals surface area contributed by atoms with Crippen LogP contribution in [0.5, 0.6) is 0 Å². The number of ether oxygens (including phenoxy) is 1. The van der Waals surface area contributed by atoms with Crippen molar-refractivity contribution in [3.05, 3.63) is 83.0 Å². The molecule has 3 aromatic rings. The van der Waals surface area contributed by atoms with Gasteiger partial charge in [0.1, 0.15) is 12.2 Å². The third-order valence-corrected chi connectivity index (χ3v) is 9.74. The van der Waals surface area contributed by atoms with Crippen LogP contribution < -0.4 is 15.5 Å². The molecule has 234 valence electrons. The van der Waals surface area contributed by atoms with Gasteiger partial charge in [-0.2, -0.15) is 13.2 Å². The molecule has 1 atom stereocenters. The zero-order valence-corrected chi connectivity index (χ0v) is 25.6. The Kier molecular flexibility index (Phi) is 7.60. The van der Waals surface area contributed by atoms with Crippen LogP contribution in [-0.2, 0) is 36.5 Å². The van der Waals surface area contributed by atoms with E-state index in [1.165, 1.54) is 11.0 Å². The van der Waals surface area contributed by atoms with Crippen molar-refractivity contribution in [3.63, 3.8) is 0 Å². The Morgan fingerprint density at radius 1 is 1.20 bits per heavy atom. The molecule has 11 heteroatoms. The van der Waals surface area contributed by atoms with Crippen molar-refractivity contribution in [2.45, 2.75) is 88.3 Å². The lowest BCUT2D eigenvalue weighted by atomic mass is 9.61. The van der Waals surface area contributed by atoms with Gasteiger partial charge in [0.15, 0.2) is 0 Å². The number of aromatic nitrogens is 3. The number of amides is 1. The zero-order chi connectivity index (χ0) is 31.4. The summed E-state index contributed by atoms with van der Waals surface area (Å²) < 4.78 is 50.8. The predicted molar refractivity (Wildman–Crippen MR) is 163 cm³/mol. The largest absolute Gasteiger partial charge is 0.416 e. The van der Waals surface area contributed by atoms with Crippen molar-refractivity contribution in [1.82, 2.24) is 20.1 Å². The van der Waals surface area contributed by atoms with Crippen molar-refractivity contribution >= 4 is 17.3 Å². The minimum Gasteiger partial charge on any atom is -0.381 e. The van der Waals surface area contributed by atoms with E-state index in [2.05, 4.69) is 34.3 Å². The number of benzene rings is 2. The highest BCUT2D eigenvalue weighted by atomic mass is 19.4. The molecule has 1 amide bonds. The van der Waals surface area contributed by atoms with Gasteiger partial charge in [0.2, 0.25) is 0 Å². The summed E-state index contributed by atoms with van der Waals surface area (Å²) in [4.78, 5) is 15.4. The number of alkyl halides is 3. The molecule has 2 N–H and O–H groups in total. The van der Waals surface area contributed by atoms with E-state index in [9.17, 15) is 18.0 Å². The van der Waals surface area contributed by atoms with Crippen LogP contribution >= 0.6 is 0 Å². The zero-order valence-electron chi connectivity index (χ0n) is 25.6. The number of carbonyl (C=O) groups excluding carboxylic acids is 1. The molecule has 6 rings (SSSR count). The van der Waals surface area contributed by atoms with Gasteiger partial charge in [-0.25, -0.2) is 0 Å². The summed E-state index contributed by atoms with van der Waals surface area (Å²) >= 11 is 0. The number of anilines is 2. The number of rotatable bonds is 10. The number of fused-ring (bicyclic) bond motifs is 1. The van der Waals surface area contributed by atoms with E-state index in [-0.39, 0.29) is 41.9 Å². The third-order valence-electron chi connectivity index (χ3n) is 9.74. The lowest BCUT2D eigenvalue weighted by molar-refractivity contribution is -0.138. The van der Waals surface area contributed by atoms with Crippen molar-refractivity contribution in [3.8, 4) is 0 Å². The lowest BCUT2D eigenvalue weighted by Gasteiger charge is -2.46. The van der Waals surface area contributed by atoms with Gasteiger partial charge in [-0.1, -0.05) is 6.08 Å². The Hall–Kier alpha value is -3.70. The van der Waals surface area contributed by atoms with Gasteiger partial charge in [0.25, 0.3) is 5.91 Å². The lowest BCUT2D eigenvalue weighted by Crippen LogP contribution is -2.48. The van der Waals surface area contributed by atoms with Gasteiger partial charge in [0, 0.05) is 49.2 Å². The summed E-state index contributed by atoms with van der Waals surface area (Å²) in [6.07, 6.45) is 3.19. The summed E-state index contributed by atoms with van der Waals surface area (Å²) in [6, 6.07) is 8.47. The Morgan fingerprint density at radius 3 is 2.55 bits per heavy atom. The average Bonchev–Trinajstić information content (AvgIpc) is 3.52. The molecule has 0 spiro atoms. The molecular weight excluding hydrogens is 569 g/mol. The van der Waals surface area contributed by atoms with E-state index in [1.807, 2.05) is 36.7 Å². The van der Waals surface area contributed by atoms with Crippen molar-refractivity contribution < 1.29 is 22.7 Å². The normalized spacial score (nSPS) is 23.1. The molecule has 1 aromatic heterocycles. The number of methoxy groups -OCH3 is 1. The fraction of sp³-hybridized carbons (Fsp3) is 0.485. The molecule has 2 aliphatic carbocycles. The number of aryl methyl sites for hydroxylation is 1. The van der Waals surface area contributed by atoms with Crippen molar-refractivity contribution in [2.24, 2.45) is 7.05 Å². The Morgan fingerprint density at radius 2 is 1.95 bits per heavy atom. The Balaban J connectivity index is 1.41. The number of nitrogens with one attached hydrogen (secondary N) is 2. The van der Waals surface area contributed by atoms with E-state index in [0.29, 0.717) is 24.1 Å². The maximum atomic E-state index is 14.4. The maximum Gasteiger partial charge on any atom is 0.416 e. The van der Waals surface area contributed by atoms with Crippen LogP contribution in [-0.4, -0.2) is 45.5 Å². The maximum absolute atomic E-state index is 14.4. The molecule has 44 heavy (non-hydrogen) atoms. The quantitative estimate of drug-likeness (QED) is 0.271. The molecule has 2 fully saturated rings. The Bertz CT molecular complexity index is 1590. The minimum atomic E-state index is -4.60. The first-order valence-electron chi connectivity index (χ1n) is 15.1. The molecule has 0 saturated heterocycles. The van der Waals surface area contributed by atoms with Crippen LogP contribution in [0.1, 0.15) is 84.4 Å². The van der Waals surface area contributed by atoms with Gasteiger partial charge in [-0.3, -0.25) is 4.79 Å². The number of nitrogens with zero attached hydrogens (tertiary/aromatic N) is 4. The second kappa shape index (κ2) is 11.0. The fourth-order valence-corrected chi connectivity index (χ4v) is 6.83. The number of halogens is 3. The third kappa shape index (κ3) is 5.30. The molecule has 2 saturated carbocycles. The van der Waals surface area contributed by atoms with Crippen molar-refractivity contribution in [2.75, 3.05) is 17.3 Å².